The van der Waals surface area contributed by atoms with Crippen LogP contribution in [-0.2, 0) is 32.5 Å². The number of aromatic nitrogens is 2. The second-order valence-electron chi connectivity index (χ2n) is 8.15. The Bertz CT molecular complexity index is 989. The molecule has 0 saturated carbocycles. The van der Waals surface area contributed by atoms with E-state index in [1.807, 2.05) is 30.3 Å². The maximum atomic E-state index is 13.2. The highest BCUT2D eigenvalue weighted by atomic mass is 32.2. The Morgan fingerprint density at radius 3 is 2.47 bits per heavy atom. The lowest BCUT2D eigenvalue weighted by Crippen LogP contribution is -2.50. The number of piperidine rings is 1. The predicted molar refractivity (Wildman–Crippen MR) is 120 cm³/mol. The molecule has 0 radical (unpaired) electrons. The number of hydrogen-bond acceptors (Lipinski definition) is 6. The quantitative estimate of drug-likeness (QED) is 0.373. The first kappa shape index (κ1) is 23.9. The van der Waals surface area contributed by atoms with E-state index in [9.17, 15) is 18.0 Å². The molecule has 11 heteroatoms. The number of sulfonamides is 1. The maximum absolute atomic E-state index is 13.2. The van der Waals surface area contributed by atoms with Crippen molar-refractivity contribution in [2.45, 2.75) is 37.8 Å². The van der Waals surface area contributed by atoms with Crippen molar-refractivity contribution in [1.82, 2.24) is 19.6 Å². The third kappa shape index (κ3) is 6.62. The summed E-state index contributed by atoms with van der Waals surface area (Å²) in [5.41, 5.74) is 12.8. The van der Waals surface area contributed by atoms with E-state index in [1.54, 1.807) is 0 Å². The average Bonchev–Trinajstić information content (AvgIpc) is 3.27. The molecule has 32 heavy (non-hydrogen) atoms. The average molecular weight is 463 g/mol. The number of H-pyrrole nitrogens is 1. The van der Waals surface area contributed by atoms with Gasteiger partial charge in [0.25, 0.3) is 0 Å². The Kier molecular flexibility index (Phi) is 7.99. The molecule has 0 spiro atoms. The van der Waals surface area contributed by atoms with Gasteiger partial charge in [0, 0.05) is 37.4 Å². The summed E-state index contributed by atoms with van der Waals surface area (Å²) in [5.74, 6) is -2.49. The molecular weight excluding hydrogens is 432 g/mol. The van der Waals surface area contributed by atoms with Crippen molar-refractivity contribution in [2.75, 3.05) is 18.8 Å². The minimum atomic E-state index is -3.69. The van der Waals surface area contributed by atoms with Crippen molar-refractivity contribution in [3.63, 3.8) is 0 Å². The van der Waals surface area contributed by atoms with Crippen LogP contribution in [0.5, 0.6) is 0 Å². The molecule has 2 heterocycles. The molecule has 6 N–H and O–H groups in total. The standard InChI is InChI=1S/C21H30N6O4S/c22-17-6-8-27(9-7-17)32(30,31)13-16(10-15-4-2-1-3-5-15)21(29)26-19(20(23)28)11-18-12-24-14-25-18/h1-5,12,14,16-17,19H,6-11,13,22H2,(H2,23,28)(H,24,25)(H,26,29)/t16?,19-/m0/s1. The molecule has 2 aromatic rings. The van der Waals surface area contributed by atoms with Gasteiger partial charge in [-0.05, 0) is 24.8 Å². The largest absolute Gasteiger partial charge is 0.368 e. The summed E-state index contributed by atoms with van der Waals surface area (Å²) in [6.07, 6.45) is 4.52. The fraction of sp³-hybridized carbons (Fsp3) is 0.476. The summed E-state index contributed by atoms with van der Waals surface area (Å²) < 4.78 is 27.5. The van der Waals surface area contributed by atoms with Gasteiger partial charge in [0.1, 0.15) is 6.04 Å². The smallest absolute Gasteiger partial charge is 0.240 e. The summed E-state index contributed by atoms with van der Waals surface area (Å²) in [4.78, 5) is 31.9. The number of benzene rings is 1. The molecule has 3 rings (SSSR count). The Morgan fingerprint density at radius 2 is 1.88 bits per heavy atom. The van der Waals surface area contributed by atoms with E-state index in [0.717, 1.165) is 5.56 Å². The Morgan fingerprint density at radius 1 is 1.19 bits per heavy atom. The molecule has 0 bridgehead atoms. The molecule has 0 aliphatic carbocycles. The lowest BCUT2D eigenvalue weighted by Gasteiger charge is -2.30. The first-order valence-electron chi connectivity index (χ1n) is 10.6. The molecule has 1 aliphatic heterocycles. The number of aromatic amines is 1. The number of primary amides is 1. The van der Waals surface area contributed by atoms with Crippen LogP contribution in [0.1, 0.15) is 24.1 Å². The van der Waals surface area contributed by atoms with E-state index < -0.39 is 33.8 Å². The zero-order valence-electron chi connectivity index (χ0n) is 17.8. The van der Waals surface area contributed by atoms with E-state index in [-0.39, 0.29) is 24.6 Å². The second kappa shape index (κ2) is 10.7. The summed E-state index contributed by atoms with van der Waals surface area (Å²) in [6, 6.07) is 8.18. The molecule has 174 valence electrons. The van der Waals surface area contributed by atoms with E-state index in [4.69, 9.17) is 11.5 Å². The highest BCUT2D eigenvalue weighted by Gasteiger charge is 2.33. The first-order valence-corrected chi connectivity index (χ1v) is 12.2. The van der Waals surface area contributed by atoms with E-state index >= 15 is 0 Å². The van der Waals surface area contributed by atoms with Gasteiger partial charge in [0.15, 0.2) is 0 Å². The normalized spacial score (nSPS) is 17.5. The lowest BCUT2D eigenvalue weighted by molar-refractivity contribution is -0.129. The number of amides is 2. The second-order valence-corrected chi connectivity index (χ2v) is 10.2. The topological polar surface area (TPSA) is 164 Å². The van der Waals surface area contributed by atoms with Gasteiger partial charge in [-0.1, -0.05) is 30.3 Å². The van der Waals surface area contributed by atoms with Crippen LogP contribution in [0, 0.1) is 5.92 Å². The van der Waals surface area contributed by atoms with E-state index in [2.05, 4.69) is 15.3 Å². The van der Waals surface area contributed by atoms with Crippen LogP contribution in [0.4, 0.5) is 0 Å². The van der Waals surface area contributed by atoms with Crippen LogP contribution in [0.25, 0.3) is 0 Å². The number of rotatable bonds is 10. The van der Waals surface area contributed by atoms with Crippen molar-refractivity contribution in [3.8, 4) is 0 Å². The number of carbonyl (C=O) groups is 2. The summed E-state index contributed by atoms with van der Waals surface area (Å²) in [6.45, 7) is 0.680. The number of nitrogens with zero attached hydrogens (tertiary/aromatic N) is 2. The van der Waals surface area contributed by atoms with Crippen LogP contribution in [0.3, 0.4) is 0 Å². The fourth-order valence-corrected chi connectivity index (χ4v) is 5.52. The number of carbonyl (C=O) groups excluding carboxylic acids is 2. The van der Waals surface area contributed by atoms with Gasteiger partial charge in [-0.15, -0.1) is 0 Å². The first-order chi connectivity index (χ1) is 15.2. The van der Waals surface area contributed by atoms with Gasteiger partial charge in [0.2, 0.25) is 21.8 Å². The summed E-state index contributed by atoms with van der Waals surface area (Å²) >= 11 is 0. The zero-order chi connectivity index (χ0) is 23.1. The van der Waals surface area contributed by atoms with Crippen molar-refractivity contribution >= 4 is 21.8 Å². The van der Waals surface area contributed by atoms with Crippen molar-refractivity contribution < 1.29 is 18.0 Å². The number of imidazole rings is 1. The molecule has 1 aromatic carbocycles. The summed E-state index contributed by atoms with van der Waals surface area (Å²) in [7, 11) is -3.69. The number of nitrogens with one attached hydrogen (secondary N) is 2. The van der Waals surface area contributed by atoms with Crippen molar-refractivity contribution in [2.24, 2.45) is 17.4 Å². The van der Waals surface area contributed by atoms with Crippen molar-refractivity contribution in [1.29, 1.82) is 0 Å². The third-order valence-corrected chi connectivity index (χ3v) is 7.61. The van der Waals surface area contributed by atoms with Crippen LogP contribution in [0.2, 0.25) is 0 Å². The highest BCUT2D eigenvalue weighted by Crippen LogP contribution is 2.18. The van der Waals surface area contributed by atoms with Gasteiger partial charge in [0.05, 0.1) is 18.0 Å². The third-order valence-electron chi connectivity index (χ3n) is 5.64. The molecule has 1 aromatic heterocycles. The van der Waals surface area contributed by atoms with Crippen LogP contribution >= 0.6 is 0 Å². The lowest BCUT2D eigenvalue weighted by atomic mass is 9.99. The molecule has 1 aliphatic rings. The SMILES string of the molecule is NC(=O)[C@H](Cc1cnc[nH]1)NC(=O)C(Cc1ccccc1)CS(=O)(=O)N1CCC(N)CC1. The van der Waals surface area contributed by atoms with E-state index in [0.29, 0.717) is 31.6 Å². The minimum absolute atomic E-state index is 0.0105. The van der Waals surface area contributed by atoms with Gasteiger partial charge in [-0.2, -0.15) is 0 Å². The number of nitrogens with two attached hydrogens (primary N) is 2. The van der Waals surface area contributed by atoms with E-state index in [1.165, 1.54) is 16.8 Å². The molecule has 1 saturated heterocycles. The van der Waals surface area contributed by atoms with Crippen LogP contribution < -0.4 is 16.8 Å². The highest BCUT2D eigenvalue weighted by molar-refractivity contribution is 7.89. The summed E-state index contributed by atoms with van der Waals surface area (Å²) in [5, 5.41) is 2.64. The van der Waals surface area contributed by atoms with Gasteiger partial charge in [-0.25, -0.2) is 17.7 Å². The Labute approximate surface area is 187 Å². The van der Waals surface area contributed by atoms with Gasteiger partial charge >= 0.3 is 0 Å². The molecule has 1 fully saturated rings. The van der Waals surface area contributed by atoms with Crippen LogP contribution in [-0.4, -0.2) is 65.4 Å². The number of hydrogen-bond donors (Lipinski definition) is 4. The van der Waals surface area contributed by atoms with Crippen molar-refractivity contribution in [3.05, 3.63) is 54.1 Å². The van der Waals surface area contributed by atoms with Gasteiger partial charge in [-0.3, -0.25) is 9.59 Å². The predicted octanol–water partition coefficient (Wildman–Crippen LogP) is -0.466. The Balaban J connectivity index is 1.76. The van der Waals surface area contributed by atoms with Crippen LogP contribution in [0.15, 0.2) is 42.9 Å². The molecular formula is C21H30N6O4S. The molecule has 1 unspecified atom stereocenters. The zero-order valence-corrected chi connectivity index (χ0v) is 18.6. The molecule has 2 amide bonds. The van der Waals surface area contributed by atoms with Gasteiger partial charge < -0.3 is 21.8 Å². The minimum Gasteiger partial charge on any atom is -0.368 e. The Hall–Kier alpha value is -2.76. The monoisotopic (exact) mass is 462 g/mol. The molecule has 2 atom stereocenters. The molecule has 10 nitrogen and oxygen atoms in total. The fourth-order valence-electron chi connectivity index (χ4n) is 3.77. The maximum Gasteiger partial charge on any atom is 0.240 e.